The molecule has 0 aliphatic carbocycles. The lowest BCUT2D eigenvalue weighted by molar-refractivity contribution is -0.128. The Hall–Kier alpha value is -1.44. The summed E-state index contributed by atoms with van der Waals surface area (Å²) in [5.41, 5.74) is 0.966. The summed E-state index contributed by atoms with van der Waals surface area (Å²) in [6.45, 7) is 6.28. The molecule has 0 aromatic heterocycles. The molecule has 26 heavy (non-hydrogen) atoms. The lowest BCUT2D eigenvalue weighted by atomic mass is 10.1. The molecule has 2 saturated heterocycles. The van der Waals surface area contributed by atoms with Crippen LogP contribution >= 0.6 is 11.8 Å². The lowest BCUT2D eigenvalue weighted by Gasteiger charge is -2.33. The van der Waals surface area contributed by atoms with Gasteiger partial charge in [0, 0.05) is 32.7 Å². The average molecular weight is 380 g/mol. The van der Waals surface area contributed by atoms with Crippen molar-refractivity contribution in [1.29, 1.82) is 0 Å². The number of likely N-dealkylation sites (N-methyl/N-ethyl adjacent to an activating group) is 1. The van der Waals surface area contributed by atoms with E-state index in [9.17, 15) is 4.79 Å². The van der Waals surface area contributed by atoms with Crippen LogP contribution in [-0.4, -0.2) is 86.9 Å². The van der Waals surface area contributed by atoms with E-state index in [-0.39, 0.29) is 11.3 Å². The molecular weight excluding hydrogens is 350 g/mol. The molecule has 7 heteroatoms. The molecule has 1 amide bonds. The van der Waals surface area contributed by atoms with E-state index in [0.29, 0.717) is 5.75 Å². The molecule has 1 aromatic carbocycles. The van der Waals surface area contributed by atoms with Gasteiger partial charge < -0.3 is 24.2 Å². The zero-order valence-corrected chi connectivity index (χ0v) is 16.8. The molecule has 2 heterocycles. The van der Waals surface area contributed by atoms with Crippen molar-refractivity contribution >= 4 is 17.7 Å². The maximum atomic E-state index is 12.5. The summed E-state index contributed by atoms with van der Waals surface area (Å²) >= 11 is 1.65. The molecule has 0 N–H and O–H groups in total. The molecule has 1 unspecified atom stereocenters. The number of hydrogen-bond acceptors (Lipinski definition) is 6. The van der Waals surface area contributed by atoms with Gasteiger partial charge in [-0.1, -0.05) is 6.07 Å². The quantitative estimate of drug-likeness (QED) is 0.721. The van der Waals surface area contributed by atoms with Gasteiger partial charge in [0.2, 0.25) is 5.91 Å². The Morgan fingerprint density at radius 3 is 2.35 bits per heavy atom. The highest BCUT2D eigenvalue weighted by Gasteiger charge is 2.36. The number of ether oxygens (including phenoxy) is 2. The third-order valence-electron chi connectivity index (χ3n) is 5.15. The van der Waals surface area contributed by atoms with Gasteiger partial charge >= 0.3 is 0 Å². The van der Waals surface area contributed by atoms with Crippen molar-refractivity contribution in [3.63, 3.8) is 0 Å². The number of rotatable bonds is 7. The van der Waals surface area contributed by atoms with Crippen LogP contribution in [0.25, 0.3) is 0 Å². The van der Waals surface area contributed by atoms with Gasteiger partial charge in [-0.05, 0) is 32.1 Å². The molecule has 0 spiro atoms. The van der Waals surface area contributed by atoms with E-state index < -0.39 is 0 Å². The fourth-order valence-electron chi connectivity index (χ4n) is 3.59. The first-order valence-electron chi connectivity index (χ1n) is 9.17. The van der Waals surface area contributed by atoms with Crippen LogP contribution in [0.5, 0.6) is 11.5 Å². The van der Waals surface area contributed by atoms with Crippen molar-refractivity contribution in [3.8, 4) is 11.5 Å². The minimum Gasteiger partial charge on any atom is -0.496 e. The lowest BCUT2D eigenvalue weighted by Crippen LogP contribution is -2.45. The zero-order valence-electron chi connectivity index (χ0n) is 15.9. The number of amides is 1. The number of piperazine rings is 1. The third-order valence-corrected chi connectivity index (χ3v) is 6.37. The minimum atomic E-state index is -0.0407. The van der Waals surface area contributed by atoms with Crippen LogP contribution in [0.3, 0.4) is 0 Å². The largest absolute Gasteiger partial charge is 0.496 e. The van der Waals surface area contributed by atoms with E-state index in [2.05, 4.69) is 16.8 Å². The molecule has 2 aliphatic heterocycles. The monoisotopic (exact) mass is 379 g/mol. The van der Waals surface area contributed by atoms with Gasteiger partial charge in [0.05, 0.1) is 25.5 Å². The molecule has 2 aliphatic rings. The second kappa shape index (κ2) is 8.97. The smallest absolute Gasteiger partial charge is 0.233 e. The molecule has 144 valence electrons. The van der Waals surface area contributed by atoms with Gasteiger partial charge in [0.25, 0.3) is 0 Å². The molecule has 3 rings (SSSR count). The Kier molecular flexibility index (Phi) is 6.67. The maximum Gasteiger partial charge on any atom is 0.233 e. The van der Waals surface area contributed by atoms with Gasteiger partial charge in [-0.3, -0.25) is 4.79 Å². The van der Waals surface area contributed by atoms with Crippen molar-refractivity contribution in [1.82, 2.24) is 14.7 Å². The second-order valence-corrected chi connectivity index (χ2v) is 7.89. The van der Waals surface area contributed by atoms with E-state index in [0.717, 1.165) is 62.8 Å². The van der Waals surface area contributed by atoms with Crippen LogP contribution in [0.2, 0.25) is 0 Å². The number of hydrogen-bond donors (Lipinski definition) is 0. The Balaban J connectivity index is 1.66. The summed E-state index contributed by atoms with van der Waals surface area (Å²) in [6.07, 6.45) is 0.990. The summed E-state index contributed by atoms with van der Waals surface area (Å²) in [5, 5.41) is -0.0407. The summed E-state index contributed by atoms with van der Waals surface area (Å²) in [6, 6.07) is 5.79. The Bertz CT molecular complexity index is 598. The van der Waals surface area contributed by atoms with Crippen molar-refractivity contribution < 1.29 is 14.3 Å². The number of benzene rings is 1. The average Bonchev–Trinajstić information content (AvgIpc) is 3.03. The van der Waals surface area contributed by atoms with Gasteiger partial charge in [0.1, 0.15) is 16.9 Å². The van der Waals surface area contributed by atoms with Crippen LogP contribution in [0.15, 0.2) is 18.2 Å². The van der Waals surface area contributed by atoms with E-state index >= 15 is 0 Å². The van der Waals surface area contributed by atoms with E-state index in [1.165, 1.54) is 0 Å². The predicted octanol–water partition coefficient (Wildman–Crippen LogP) is 1.92. The zero-order chi connectivity index (χ0) is 18.5. The van der Waals surface area contributed by atoms with Crippen LogP contribution in [0.1, 0.15) is 17.4 Å². The SMILES string of the molecule is COc1cccc(OC)c1C1SCC(=O)N1CCCN1CCN(C)CC1. The summed E-state index contributed by atoms with van der Waals surface area (Å²) < 4.78 is 11.1. The molecule has 0 saturated carbocycles. The Morgan fingerprint density at radius 1 is 1.08 bits per heavy atom. The van der Waals surface area contributed by atoms with Crippen molar-refractivity contribution in [2.75, 3.05) is 66.3 Å². The highest BCUT2D eigenvalue weighted by atomic mass is 32.2. The first-order valence-corrected chi connectivity index (χ1v) is 10.2. The van der Waals surface area contributed by atoms with Crippen LogP contribution < -0.4 is 9.47 Å². The topological polar surface area (TPSA) is 45.3 Å². The molecule has 1 aromatic rings. The van der Waals surface area contributed by atoms with Crippen molar-refractivity contribution in [2.24, 2.45) is 0 Å². The fraction of sp³-hybridized carbons (Fsp3) is 0.632. The number of methoxy groups -OCH3 is 2. The second-order valence-electron chi connectivity index (χ2n) is 6.83. The fourth-order valence-corrected chi connectivity index (χ4v) is 4.86. The number of carbonyl (C=O) groups is 1. The first-order chi connectivity index (χ1) is 12.6. The number of carbonyl (C=O) groups excluding carboxylic acids is 1. The van der Waals surface area contributed by atoms with Gasteiger partial charge in [0.15, 0.2) is 0 Å². The first kappa shape index (κ1) is 19.3. The third kappa shape index (κ3) is 4.27. The maximum absolute atomic E-state index is 12.5. The van der Waals surface area contributed by atoms with E-state index in [4.69, 9.17) is 9.47 Å². The Labute approximate surface area is 160 Å². The van der Waals surface area contributed by atoms with Crippen molar-refractivity contribution in [3.05, 3.63) is 23.8 Å². The molecule has 2 fully saturated rings. The molecule has 0 bridgehead atoms. The number of thioether (sulfide) groups is 1. The van der Waals surface area contributed by atoms with E-state index in [1.54, 1.807) is 26.0 Å². The minimum absolute atomic E-state index is 0.0407. The molecule has 1 atom stereocenters. The number of nitrogens with zero attached hydrogens (tertiary/aromatic N) is 3. The normalized spacial score (nSPS) is 22.0. The molecule has 0 radical (unpaired) electrons. The summed E-state index contributed by atoms with van der Waals surface area (Å²) in [4.78, 5) is 19.3. The van der Waals surface area contributed by atoms with Crippen LogP contribution in [0, 0.1) is 0 Å². The van der Waals surface area contributed by atoms with Crippen LogP contribution in [-0.2, 0) is 4.79 Å². The van der Waals surface area contributed by atoms with E-state index in [1.807, 2.05) is 23.1 Å². The van der Waals surface area contributed by atoms with Gasteiger partial charge in [-0.25, -0.2) is 0 Å². The van der Waals surface area contributed by atoms with Crippen LogP contribution in [0.4, 0.5) is 0 Å². The predicted molar refractivity (Wildman–Crippen MR) is 105 cm³/mol. The molecular formula is C19H29N3O3S. The highest BCUT2D eigenvalue weighted by Crippen LogP contribution is 2.46. The van der Waals surface area contributed by atoms with Gasteiger partial charge in [-0.15, -0.1) is 11.8 Å². The van der Waals surface area contributed by atoms with Gasteiger partial charge in [-0.2, -0.15) is 0 Å². The highest BCUT2D eigenvalue weighted by molar-refractivity contribution is 8.00. The van der Waals surface area contributed by atoms with Crippen molar-refractivity contribution in [2.45, 2.75) is 11.8 Å². The Morgan fingerprint density at radius 2 is 1.73 bits per heavy atom. The summed E-state index contributed by atoms with van der Waals surface area (Å²) in [7, 11) is 5.50. The summed E-state index contributed by atoms with van der Waals surface area (Å²) in [5.74, 6) is 2.27. The molecule has 6 nitrogen and oxygen atoms in total. The standard InChI is InChI=1S/C19H29N3O3S/c1-20-10-12-21(13-11-20)8-5-9-22-17(23)14-26-19(22)18-15(24-2)6-4-7-16(18)25-3/h4,6-7,19H,5,8-14H2,1-3H3.